The molecule has 30 heavy (non-hydrogen) atoms. The van der Waals surface area contributed by atoms with Gasteiger partial charge in [-0.25, -0.2) is 0 Å². The standard InChI is InChI=1S/C21H21ClN4O4/c1-13-4-6-18(7-5-13)30-19-11-16(10-17(12-19)26(28)29)23-20(27)8-9-25-15(3)21(22)14(2)24-25/h4-7,10-12H,8-9H2,1-3H3,(H,23,27). The quantitative estimate of drug-likeness (QED) is 0.412. The first-order valence-corrected chi connectivity index (χ1v) is 9.64. The number of hydrogen-bond acceptors (Lipinski definition) is 5. The predicted octanol–water partition coefficient (Wildman–Crippen LogP) is 5.19. The molecule has 1 amide bonds. The Bertz CT molecular complexity index is 1090. The summed E-state index contributed by atoms with van der Waals surface area (Å²) in [6.45, 7) is 5.91. The lowest BCUT2D eigenvalue weighted by Crippen LogP contribution is -2.15. The molecular formula is C21H21ClN4O4. The van der Waals surface area contributed by atoms with Crippen LogP contribution in [0.4, 0.5) is 11.4 Å². The Hall–Kier alpha value is -3.39. The average Bonchev–Trinajstić information content (AvgIpc) is 2.94. The van der Waals surface area contributed by atoms with Crippen LogP contribution in [-0.4, -0.2) is 20.6 Å². The predicted molar refractivity (Wildman–Crippen MR) is 114 cm³/mol. The SMILES string of the molecule is Cc1ccc(Oc2cc(NC(=O)CCn3nc(C)c(Cl)c3C)cc([N+](=O)[O-])c2)cc1. The zero-order valence-corrected chi connectivity index (χ0v) is 17.6. The number of non-ortho nitro benzene ring substituents is 1. The van der Waals surface area contributed by atoms with Crippen molar-refractivity contribution >= 4 is 28.9 Å². The van der Waals surface area contributed by atoms with Gasteiger partial charge in [-0.3, -0.25) is 19.6 Å². The number of carbonyl (C=O) groups excluding carboxylic acids is 1. The molecule has 8 nitrogen and oxygen atoms in total. The van der Waals surface area contributed by atoms with Crippen LogP contribution in [0.25, 0.3) is 0 Å². The molecule has 3 rings (SSSR count). The number of aromatic nitrogens is 2. The molecule has 0 aliphatic heterocycles. The molecule has 0 saturated carbocycles. The second-order valence-corrected chi connectivity index (χ2v) is 7.27. The number of anilines is 1. The highest BCUT2D eigenvalue weighted by Crippen LogP contribution is 2.30. The van der Waals surface area contributed by atoms with E-state index in [-0.39, 0.29) is 29.5 Å². The number of amides is 1. The Labute approximate surface area is 178 Å². The fourth-order valence-corrected chi connectivity index (χ4v) is 3.02. The number of nitro benzene ring substituents is 1. The van der Waals surface area contributed by atoms with Crippen molar-refractivity contribution in [2.75, 3.05) is 5.32 Å². The minimum atomic E-state index is -0.532. The Kier molecular flexibility index (Phi) is 6.37. The molecule has 0 unspecified atom stereocenters. The molecule has 2 aromatic carbocycles. The summed E-state index contributed by atoms with van der Waals surface area (Å²) in [6, 6.07) is 11.4. The fraction of sp³-hybridized carbons (Fsp3) is 0.238. The average molecular weight is 429 g/mol. The summed E-state index contributed by atoms with van der Waals surface area (Å²) in [5.41, 5.74) is 2.65. The van der Waals surface area contributed by atoms with E-state index in [0.29, 0.717) is 23.0 Å². The van der Waals surface area contributed by atoms with Gasteiger partial charge in [0.15, 0.2) is 0 Å². The van der Waals surface area contributed by atoms with Gasteiger partial charge in [-0.2, -0.15) is 5.10 Å². The van der Waals surface area contributed by atoms with E-state index in [2.05, 4.69) is 10.4 Å². The number of nitrogens with zero attached hydrogens (tertiary/aromatic N) is 3. The molecule has 0 atom stereocenters. The summed E-state index contributed by atoms with van der Waals surface area (Å²) in [4.78, 5) is 23.1. The fourth-order valence-electron chi connectivity index (χ4n) is 2.89. The normalized spacial score (nSPS) is 10.7. The summed E-state index contributed by atoms with van der Waals surface area (Å²) in [5.74, 6) is 0.494. The Morgan fingerprint density at radius 1 is 1.17 bits per heavy atom. The van der Waals surface area contributed by atoms with Gasteiger partial charge in [0.1, 0.15) is 11.5 Å². The number of hydrogen-bond donors (Lipinski definition) is 1. The zero-order valence-electron chi connectivity index (χ0n) is 16.8. The molecular weight excluding hydrogens is 408 g/mol. The van der Waals surface area contributed by atoms with Gasteiger partial charge in [0.05, 0.1) is 39.6 Å². The number of aryl methyl sites for hydroxylation is 3. The number of carbonyl (C=O) groups is 1. The number of halogens is 1. The second kappa shape index (κ2) is 8.96. The molecule has 0 bridgehead atoms. The lowest BCUT2D eigenvalue weighted by atomic mass is 10.2. The first kappa shape index (κ1) is 21.3. The number of ether oxygens (including phenoxy) is 1. The molecule has 1 heterocycles. The van der Waals surface area contributed by atoms with E-state index in [4.69, 9.17) is 16.3 Å². The Morgan fingerprint density at radius 3 is 2.47 bits per heavy atom. The van der Waals surface area contributed by atoms with Gasteiger partial charge >= 0.3 is 0 Å². The lowest BCUT2D eigenvalue weighted by Gasteiger charge is -2.10. The van der Waals surface area contributed by atoms with Crippen LogP contribution in [0.15, 0.2) is 42.5 Å². The molecule has 1 aromatic heterocycles. The van der Waals surface area contributed by atoms with Crippen LogP contribution in [0.2, 0.25) is 5.02 Å². The van der Waals surface area contributed by atoms with E-state index in [1.54, 1.807) is 29.8 Å². The number of rotatable bonds is 7. The van der Waals surface area contributed by atoms with Crippen molar-refractivity contribution in [1.29, 1.82) is 0 Å². The van der Waals surface area contributed by atoms with Gasteiger partial charge in [-0.15, -0.1) is 0 Å². The molecule has 156 valence electrons. The first-order chi connectivity index (χ1) is 14.2. The van der Waals surface area contributed by atoms with Crippen molar-refractivity contribution in [1.82, 2.24) is 9.78 Å². The van der Waals surface area contributed by atoms with Crippen LogP contribution >= 0.6 is 11.6 Å². The third-order valence-electron chi connectivity index (χ3n) is 4.49. The maximum atomic E-state index is 12.4. The summed E-state index contributed by atoms with van der Waals surface area (Å²) >= 11 is 6.12. The van der Waals surface area contributed by atoms with Gasteiger partial charge in [0, 0.05) is 18.6 Å². The van der Waals surface area contributed by atoms with Gasteiger partial charge < -0.3 is 10.1 Å². The van der Waals surface area contributed by atoms with Gasteiger partial charge in [-0.05, 0) is 32.9 Å². The Morgan fingerprint density at radius 2 is 1.87 bits per heavy atom. The van der Waals surface area contributed by atoms with Crippen molar-refractivity contribution in [2.45, 2.75) is 33.7 Å². The van der Waals surface area contributed by atoms with Crippen molar-refractivity contribution < 1.29 is 14.5 Å². The third-order valence-corrected chi connectivity index (χ3v) is 5.03. The summed E-state index contributed by atoms with van der Waals surface area (Å²) in [5, 5.41) is 18.8. The van der Waals surface area contributed by atoms with E-state index < -0.39 is 4.92 Å². The van der Waals surface area contributed by atoms with Crippen LogP contribution in [0, 0.1) is 30.9 Å². The van der Waals surface area contributed by atoms with Crippen LogP contribution in [0.1, 0.15) is 23.4 Å². The van der Waals surface area contributed by atoms with Crippen molar-refractivity contribution in [3.8, 4) is 11.5 Å². The molecule has 1 N–H and O–H groups in total. The molecule has 3 aromatic rings. The van der Waals surface area contributed by atoms with Crippen molar-refractivity contribution in [3.05, 3.63) is 74.6 Å². The van der Waals surface area contributed by atoms with Crippen LogP contribution in [-0.2, 0) is 11.3 Å². The lowest BCUT2D eigenvalue weighted by molar-refractivity contribution is -0.384. The van der Waals surface area contributed by atoms with Crippen LogP contribution < -0.4 is 10.1 Å². The minimum absolute atomic E-state index is 0.134. The minimum Gasteiger partial charge on any atom is -0.457 e. The highest BCUT2D eigenvalue weighted by Gasteiger charge is 2.14. The number of nitro groups is 1. The molecule has 0 spiro atoms. The molecule has 0 aliphatic rings. The van der Waals surface area contributed by atoms with E-state index in [1.807, 2.05) is 26.0 Å². The topological polar surface area (TPSA) is 99.3 Å². The van der Waals surface area contributed by atoms with E-state index in [9.17, 15) is 14.9 Å². The molecule has 0 aliphatic carbocycles. The maximum absolute atomic E-state index is 12.4. The van der Waals surface area contributed by atoms with Crippen LogP contribution in [0.3, 0.4) is 0 Å². The largest absolute Gasteiger partial charge is 0.457 e. The zero-order chi connectivity index (χ0) is 21.8. The first-order valence-electron chi connectivity index (χ1n) is 9.26. The van der Waals surface area contributed by atoms with Gasteiger partial charge in [0.25, 0.3) is 5.69 Å². The summed E-state index contributed by atoms with van der Waals surface area (Å²) < 4.78 is 7.39. The van der Waals surface area contributed by atoms with E-state index >= 15 is 0 Å². The third kappa shape index (κ3) is 5.15. The molecule has 0 saturated heterocycles. The molecule has 0 fully saturated rings. The smallest absolute Gasteiger partial charge is 0.275 e. The van der Waals surface area contributed by atoms with Gasteiger partial charge in [-0.1, -0.05) is 29.3 Å². The van der Waals surface area contributed by atoms with Gasteiger partial charge in [0.2, 0.25) is 5.91 Å². The highest BCUT2D eigenvalue weighted by molar-refractivity contribution is 6.31. The van der Waals surface area contributed by atoms with Crippen molar-refractivity contribution in [2.24, 2.45) is 0 Å². The number of benzene rings is 2. The number of nitrogens with one attached hydrogen (secondary N) is 1. The summed E-state index contributed by atoms with van der Waals surface area (Å²) in [6.07, 6.45) is 0.134. The maximum Gasteiger partial charge on any atom is 0.275 e. The monoisotopic (exact) mass is 428 g/mol. The van der Waals surface area contributed by atoms with E-state index in [0.717, 1.165) is 11.3 Å². The van der Waals surface area contributed by atoms with Crippen molar-refractivity contribution in [3.63, 3.8) is 0 Å². The molecule has 9 heteroatoms. The highest BCUT2D eigenvalue weighted by atomic mass is 35.5. The van der Waals surface area contributed by atoms with Crippen LogP contribution in [0.5, 0.6) is 11.5 Å². The van der Waals surface area contributed by atoms with E-state index in [1.165, 1.54) is 12.1 Å². The Balaban J connectivity index is 1.72. The summed E-state index contributed by atoms with van der Waals surface area (Å²) in [7, 11) is 0. The molecule has 0 radical (unpaired) electrons. The second-order valence-electron chi connectivity index (χ2n) is 6.89.